The first kappa shape index (κ1) is 14.3. The first-order chi connectivity index (χ1) is 9.54. The molecule has 2 aromatic heterocycles. The van der Waals surface area contributed by atoms with Crippen LogP contribution in [0.2, 0.25) is 0 Å². The Kier molecular flexibility index (Phi) is 4.19. The van der Waals surface area contributed by atoms with E-state index in [0.717, 1.165) is 5.56 Å². The fourth-order valence-corrected chi connectivity index (χ4v) is 2.58. The summed E-state index contributed by atoms with van der Waals surface area (Å²) in [7, 11) is 1.70. The molecular formula is C13H15N3O3S. The first-order valence-electron chi connectivity index (χ1n) is 6.09. The van der Waals surface area contributed by atoms with E-state index in [-0.39, 0.29) is 5.91 Å². The second-order valence-electron chi connectivity index (χ2n) is 4.14. The molecule has 20 heavy (non-hydrogen) atoms. The highest BCUT2D eigenvalue weighted by Crippen LogP contribution is 2.25. The van der Waals surface area contributed by atoms with Gasteiger partial charge in [0.2, 0.25) is 0 Å². The zero-order chi connectivity index (χ0) is 14.7. The molecule has 0 bridgehead atoms. The average Bonchev–Trinajstić information content (AvgIpc) is 2.97. The number of nitrogens with one attached hydrogen (secondary N) is 1. The van der Waals surface area contributed by atoms with Crippen LogP contribution in [0.5, 0.6) is 0 Å². The van der Waals surface area contributed by atoms with Crippen LogP contribution in [0.15, 0.2) is 17.6 Å². The lowest BCUT2D eigenvalue weighted by molar-refractivity contribution is 0.0528. The quantitative estimate of drug-likeness (QED) is 0.877. The topological polar surface area (TPSA) is 73.2 Å². The third-order valence-corrected chi connectivity index (χ3v) is 3.55. The molecule has 0 saturated heterocycles. The molecule has 1 N–H and O–H groups in total. The van der Waals surface area contributed by atoms with Crippen molar-refractivity contribution in [1.29, 1.82) is 0 Å². The number of ether oxygens (including phenoxy) is 1. The highest BCUT2D eigenvalue weighted by Gasteiger charge is 2.19. The Morgan fingerprint density at radius 1 is 1.50 bits per heavy atom. The van der Waals surface area contributed by atoms with E-state index < -0.39 is 5.97 Å². The smallest absolute Gasteiger partial charge is 0.341 e. The number of anilines is 1. The van der Waals surface area contributed by atoms with Gasteiger partial charge in [-0.2, -0.15) is 5.10 Å². The number of hydrogen-bond acceptors (Lipinski definition) is 5. The second-order valence-corrected chi connectivity index (χ2v) is 5.05. The largest absolute Gasteiger partial charge is 0.462 e. The molecule has 2 aromatic rings. The summed E-state index contributed by atoms with van der Waals surface area (Å²) >= 11 is 1.28. The molecule has 106 valence electrons. The minimum absolute atomic E-state index is 0.295. The molecule has 2 heterocycles. The van der Waals surface area contributed by atoms with E-state index in [9.17, 15) is 9.59 Å². The van der Waals surface area contributed by atoms with Crippen LogP contribution >= 0.6 is 11.3 Å². The van der Waals surface area contributed by atoms with E-state index >= 15 is 0 Å². The molecule has 0 fully saturated rings. The summed E-state index contributed by atoms with van der Waals surface area (Å²) in [6, 6.07) is 1.63. The van der Waals surface area contributed by atoms with Gasteiger partial charge in [-0.05, 0) is 30.9 Å². The molecule has 0 saturated carbocycles. The van der Waals surface area contributed by atoms with Crippen molar-refractivity contribution in [2.45, 2.75) is 13.8 Å². The van der Waals surface area contributed by atoms with Crippen LogP contribution in [0, 0.1) is 6.92 Å². The van der Waals surface area contributed by atoms with Gasteiger partial charge in [-0.1, -0.05) is 0 Å². The highest BCUT2D eigenvalue weighted by atomic mass is 32.1. The number of aromatic nitrogens is 2. The summed E-state index contributed by atoms with van der Waals surface area (Å²) in [5.74, 6) is -0.735. The van der Waals surface area contributed by atoms with Gasteiger partial charge < -0.3 is 10.1 Å². The Balaban J connectivity index is 2.21. The van der Waals surface area contributed by atoms with E-state index in [1.54, 1.807) is 31.6 Å². The number of rotatable bonds is 4. The molecule has 0 aliphatic heterocycles. The van der Waals surface area contributed by atoms with Crippen LogP contribution in [0.25, 0.3) is 0 Å². The predicted molar refractivity (Wildman–Crippen MR) is 76.2 cm³/mol. The lowest BCUT2D eigenvalue weighted by atomic mass is 10.2. The summed E-state index contributed by atoms with van der Waals surface area (Å²) < 4.78 is 6.45. The number of esters is 1. The number of nitrogens with zero attached hydrogens (tertiary/aromatic N) is 2. The number of carbonyl (C=O) groups excluding carboxylic acids is 2. The summed E-state index contributed by atoms with van der Waals surface area (Å²) in [6.45, 7) is 3.84. The van der Waals surface area contributed by atoms with Crippen LogP contribution in [0.3, 0.4) is 0 Å². The molecule has 0 unspecified atom stereocenters. The average molecular weight is 293 g/mol. The number of aryl methyl sites for hydroxylation is 2. The van der Waals surface area contributed by atoms with E-state index in [1.165, 1.54) is 16.0 Å². The van der Waals surface area contributed by atoms with Gasteiger partial charge in [0.1, 0.15) is 10.7 Å². The predicted octanol–water partition coefficient (Wildman–Crippen LogP) is 2.22. The van der Waals surface area contributed by atoms with Crippen molar-refractivity contribution in [2.24, 2.45) is 7.05 Å². The van der Waals surface area contributed by atoms with Gasteiger partial charge in [0.15, 0.2) is 0 Å². The van der Waals surface area contributed by atoms with Crippen molar-refractivity contribution >= 4 is 28.2 Å². The Morgan fingerprint density at radius 3 is 2.85 bits per heavy atom. The molecule has 0 aromatic carbocycles. The first-order valence-corrected chi connectivity index (χ1v) is 6.97. The Morgan fingerprint density at radius 2 is 2.25 bits per heavy atom. The SMILES string of the molecule is CCOC(=O)c1ccsc1NC(=O)c1c(C)cnn1C. The fourth-order valence-electron chi connectivity index (χ4n) is 1.81. The Labute approximate surface area is 120 Å². The monoisotopic (exact) mass is 293 g/mol. The van der Waals surface area contributed by atoms with Gasteiger partial charge in [-0.25, -0.2) is 4.79 Å². The van der Waals surface area contributed by atoms with Gasteiger partial charge in [0, 0.05) is 7.05 Å². The number of thiophene rings is 1. The van der Waals surface area contributed by atoms with Gasteiger partial charge >= 0.3 is 5.97 Å². The molecule has 7 heteroatoms. The molecule has 0 radical (unpaired) electrons. The van der Waals surface area contributed by atoms with Gasteiger partial charge in [-0.15, -0.1) is 11.3 Å². The maximum absolute atomic E-state index is 12.2. The van der Waals surface area contributed by atoms with Crippen molar-refractivity contribution in [1.82, 2.24) is 9.78 Å². The fraction of sp³-hybridized carbons (Fsp3) is 0.308. The molecule has 1 amide bonds. The van der Waals surface area contributed by atoms with Crippen molar-refractivity contribution < 1.29 is 14.3 Å². The molecule has 2 rings (SSSR count). The zero-order valence-electron chi connectivity index (χ0n) is 11.5. The summed E-state index contributed by atoms with van der Waals surface area (Å²) in [4.78, 5) is 24.0. The number of hydrogen-bond donors (Lipinski definition) is 1. The van der Waals surface area contributed by atoms with E-state index in [0.29, 0.717) is 22.9 Å². The van der Waals surface area contributed by atoms with Crippen LogP contribution in [0.4, 0.5) is 5.00 Å². The second kappa shape index (κ2) is 5.87. The molecule has 6 nitrogen and oxygen atoms in total. The third kappa shape index (κ3) is 2.72. The summed E-state index contributed by atoms with van der Waals surface area (Å²) in [5, 5.41) is 8.97. The molecule has 0 spiro atoms. The maximum Gasteiger partial charge on any atom is 0.341 e. The number of amides is 1. The van der Waals surface area contributed by atoms with E-state index in [1.807, 2.05) is 6.92 Å². The minimum atomic E-state index is -0.439. The molecule has 0 aliphatic carbocycles. The molecule has 0 aliphatic rings. The van der Waals surface area contributed by atoms with Gasteiger partial charge in [0.05, 0.1) is 18.4 Å². The molecule has 0 atom stereocenters. The van der Waals surface area contributed by atoms with Crippen molar-refractivity contribution in [2.75, 3.05) is 11.9 Å². The van der Waals surface area contributed by atoms with Crippen LogP contribution < -0.4 is 5.32 Å². The number of carbonyl (C=O) groups is 2. The van der Waals surface area contributed by atoms with Crippen molar-refractivity contribution in [3.8, 4) is 0 Å². The lowest BCUT2D eigenvalue weighted by Gasteiger charge is -2.07. The van der Waals surface area contributed by atoms with E-state index in [2.05, 4.69) is 10.4 Å². The highest BCUT2D eigenvalue weighted by molar-refractivity contribution is 7.14. The maximum atomic E-state index is 12.2. The summed E-state index contributed by atoms with van der Waals surface area (Å²) in [6.07, 6.45) is 1.62. The normalized spacial score (nSPS) is 10.3. The Bertz CT molecular complexity index is 626. The summed E-state index contributed by atoms with van der Waals surface area (Å²) in [5.41, 5.74) is 1.61. The standard InChI is InChI=1S/C13H15N3O3S/c1-4-19-13(18)9-5-6-20-12(9)15-11(17)10-8(2)7-14-16(10)3/h5-7H,4H2,1-3H3,(H,15,17). The third-order valence-electron chi connectivity index (χ3n) is 2.72. The van der Waals surface area contributed by atoms with E-state index in [4.69, 9.17) is 4.74 Å². The molecular weight excluding hydrogens is 278 g/mol. The van der Waals surface area contributed by atoms with Crippen LogP contribution in [0.1, 0.15) is 33.3 Å². The van der Waals surface area contributed by atoms with Crippen LogP contribution in [-0.4, -0.2) is 28.3 Å². The van der Waals surface area contributed by atoms with Crippen LogP contribution in [-0.2, 0) is 11.8 Å². The lowest BCUT2D eigenvalue weighted by Crippen LogP contribution is -2.18. The Hall–Kier alpha value is -2.15. The zero-order valence-corrected chi connectivity index (χ0v) is 12.3. The minimum Gasteiger partial charge on any atom is -0.462 e. The van der Waals surface area contributed by atoms with Crippen molar-refractivity contribution in [3.63, 3.8) is 0 Å². The van der Waals surface area contributed by atoms with Crippen molar-refractivity contribution in [3.05, 3.63) is 34.5 Å². The van der Waals surface area contributed by atoms with Gasteiger partial charge in [-0.3, -0.25) is 9.48 Å². The van der Waals surface area contributed by atoms with Gasteiger partial charge in [0.25, 0.3) is 5.91 Å².